The fraction of sp³-hybridized carbons (Fsp3) is 0.333. The molecule has 1 aromatic heterocycles. The third kappa shape index (κ3) is 5.89. The number of likely N-dealkylation sites (tertiary alicyclic amines) is 1. The van der Waals surface area contributed by atoms with Crippen LogP contribution in [0.5, 0.6) is 5.75 Å². The van der Waals surface area contributed by atoms with Crippen molar-refractivity contribution in [2.24, 2.45) is 5.92 Å². The van der Waals surface area contributed by atoms with E-state index >= 15 is 0 Å². The van der Waals surface area contributed by atoms with Gasteiger partial charge in [0.25, 0.3) is 5.91 Å². The molecular weight excluding hydrogens is 413 g/mol. The van der Waals surface area contributed by atoms with Gasteiger partial charge in [-0.2, -0.15) is 0 Å². The molecule has 1 amide bonds. The van der Waals surface area contributed by atoms with Gasteiger partial charge in [-0.1, -0.05) is 30.3 Å². The number of aromatic nitrogens is 1. The summed E-state index contributed by atoms with van der Waals surface area (Å²) in [5.41, 5.74) is 1.77. The maximum absolute atomic E-state index is 13.0. The van der Waals surface area contributed by atoms with E-state index < -0.39 is 0 Å². The Kier molecular flexibility index (Phi) is 6.94. The van der Waals surface area contributed by atoms with E-state index in [1.807, 2.05) is 13.1 Å². The van der Waals surface area contributed by atoms with Gasteiger partial charge < -0.3 is 9.64 Å². The second-order valence-corrected chi connectivity index (χ2v) is 8.87. The predicted octanol–water partition coefficient (Wildman–Crippen LogP) is 4.46. The third-order valence-corrected chi connectivity index (χ3v) is 6.27. The van der Waals surface area contributed by atoms with Gasteiger partial charge in [-0.05, 0) is 48.7 Å². The molecule has 1 aliphatic rings. The number of hydrogen-bond acceptors (Lipinski definition) is 5. The highest BCUT2D eigenvalue weighted by atomic mass is 32.1. The van der Waals surface area contributed by atoms with Gasteiger partial charge in [0, 0.05) is 32.1 Å². The molecule has 0 saturated carbocycles. The van der Waals surface area contributed by atoms with E-state index in [9.17, 15) is 9.18 Å². The Bertz CT molecular complexity index is 994. The fourth-order valence-corrected chi connectivity index (χ4v) is 4.54. The van der Waals surface area contributed by atoms with Crippen molar-refractivity contribution in [3.05, 3.63) is 82.1 Å². The summed E-state index contributed by atoms with van der Waals surface area (Å²) in [5, 5.41) is 2.49. The van der Waals surface area contributed by atoms with Crippen LogP contribution in [0.3, 0.4) is 0 Å². The van der Waals surface area contributed by atoms with Crippen molar-refractivity contribution >= 4 is 17.2 Å². The molecule has 5 nitrogen and oxygen atoms in total. The van der Waals surface area contributed by atoms with Gasteiger partial charge in [-0.25, -0.2) is 9.37 Å². The minimum atomic E-state index is -0.303. The van der Waals surface area contributed by atoms with Crippen LogP contribution in [0, 0.1) is 11.7 Å². The summed E-state index contributed by atoms with van der Waals surface area (Å²) in [4.78, 5) is 21.5. The largest absolute Gasteiger partial charge is 0.486 e. The second-order valence-electron chi connectivity index (χ2n) is 7.93. The number of rotatable bonds is 8. The summed E-state index contributed by atoms with van der Waals surface area (Å²) in [6, 6.07) is 16.3. The Morgan fingerprint density at radius 2 is 2.00 bits per heavy atom. The van der Waals surface area contributed by atoms with Crippen LogP contribution < -0.4 is 4.74 Å². The van der Waals surface area contributed by atoms with Crippen molar-refractivity contribution in [2.45, 2.75) is 19.6 Å². The monoisotopic (exact) mass is 439 g/mol. The van der Waals surface area contributed by atoms with Gasteiger partial charge in [-0.3, -0.25) is 9.69 Å². The van der Waals surface area contributed by atoms with Crippen LogP contribution in [0.4, 0.5) is 4.39 Å². The lowest BCUT2D eigenvalue weighted by Crippen LogP contribution is -2.33. The van der Waals surface area contributed by atoms with E-state index in [1.54, 1.807) is 22.4 Å². The van der Waals surface area contributed by atoms with Gasteiger partial charge in [0.1, 0.15) is 28.9 Å². The third-order valence-electron chi connectivity index (χ3n) is 5.44. The van der Waals surface area contributed by atoms with Crippen LogP contribution in [0.1, 0.15) is 27.5 Å². The van der Waals surface area contributed by atoms with Crippen LogP contribution in [0.25, 0.3) is 0 Å². The molecule has 2 aromatic carbocycles. The summed E-state index contributed by atoms with van der Waals surface area (Å²) in [7, 11) is 1.84. The molecular formula is C24H26FN3O2S. The molecule has 0 radical (unpaired) electrons. The second kappa shape index (κ2) is 10.0. The van der Waals surface area contributed by atoms with Crippen LogP contribution >= 0.6 is 11.3 Å². The van der Waals surface area contributed by atoms with E-state index in [4.69, 9.17) is 4.74 Å². The molecule has 1 aliphatic heterocycles. The van der Waals surface area contributed by atoms with Crippen molar-refractivity contribution in [3.8, 4) is 5.75 Å². The zero-order chi connectivity index (χ0) is 21.6. The lowest BCUT2D eigenvalue weighted by Gasteiger charge is -2.21. The molecule has 0 spiro atoms. The highest BCUT2D eigenvalue weighted by molar-refractivity contribution is 7.09. The summed E-state index contributed by atoms with van der Waals surface area (Å²) >= 11 is 1.40. The number of carbonyl (C=O) groups excluding carboxylic acids is 1. The van der Waals surface area contributed by atoms with Gasteiger partial charge >= 0.3 is 0 Å². The lowest BCUT2D eigenvalue weighted by atomic mass is 10.1. The van der Waals surface area contributed by atoms with Crippen molar-refractivity contribution in [1.29, 1.82) is 0 Å². The van der Waals surface area contributed by atoms with E-state index in [0.29, 0.717) is 17.4 Å². The molecule has 1 atom stereocenters. The Morgan fingerprint density at radius 1 is 1.23 bits per heavy atom. The molecule has 7 heteroatoms. The van der Waals surface area contributed by atoms with E-state index in [1.165, 1.54) is 29.0 Å². The van der Waals surface area contributed by atoms with Gasteiger partial charge in [0.05, 0.1) is 0 Å². The normalized spacial score (nSPS) is 16.4. The zero-order valence-corrected chi connectivity index (χ0v) is 18.4. The van der Waals surface area contributed by atoms with Gasteiger partial charge in [0.15, 0.2) is 0 Å². The zero-order valence-electron chi connectivity index (χ0n) is 17.5. The number of ether oxygens (including phenoxy) is 1. The topological polar surface area (TPSA) is 45.7 Å². The molecule has 3 aromatic rings. The van der Waals surface area contributed by atoms with Gasteiger partial charge in [0.2, 0.25) is 0 Å². The Balaban J connectivity index is 1.25. The van der Waals surface area contributed by atoms with Crippen LogP contribution in [0.15, 0.2) is 60.0 Å². The molecule has 1 fully saturated rings. The lowest BCUT2D eigenvalue weighted by molar-refractivity contribution is 0.0767. The van der Waals surface area contributed by atoms with Crippen LogP contribution in [0.2, 0.25) is 0 Å². The molecule has 1 saturated heterocycles. The highest BCUT2D eigenvalue weighted by Gasteiger charge is 2.26. The molecule has 2 heterocycles. The summed E-state index contributed by atoms with van der Waals surface area (Å²) < 4.78 is 18.6. The molecule has 162 valence electrons. The first-order chi connectivity index (χ1) is 15.1. The molecule has 0 bridgehead atoms. The minimum Gasteiger partial charge on any atom is -0.486 e. The van der Waals surface area contributed by atoms with E-state index in [2.05, 4.69) is 34.1 Å². The quantitative estimate of drug-likeness (QED) is 0.520. The number of hydrogen-bond donors (Lipinski definition) is 0. The Labute approximate surface area is 186 Å². The van der Waals surface area contributed by atoms with Crippen molar-refractivity contribution in [3.63, 3.8) is 0 Å². The highest BCUT2D eigenvalue weighted by Crippen LogP contribution is 2.21. The predicted molar refractivity (Wildman–Crippen MR) is 120 cm³/mol. The molecule has 0 unspecified atom stereocenters. The first-order valence-corrected chi connectivity index (χ1v) is 11.3. The number of amides is 1. The molecule has 0 aliphatic carbocycles. The average molecular weight is 440 g/mol. The Morgan fingerprint density at radius 3 is 2.77 bits per heavy atom. The SMILES string of the molecule is CN(C[C@H]1CCN(Cc2ccccc2)C1)C(=O)c1csc(COc2ccc(F)cc2)n1. The smallest absolute Gasteiger partial charge is 0.273 e. The summed E-state index contributed by atoms with van der Waals surface area (Å²) in [6.07, 6.45) is 1.10. The number of benzene rings is 2. The number of nitrogens with zero attached hydrogens (tertiary/aromatic N) is 3. The van der Waals surface area contributed by atoms with Crippen molar-refractivity contribution < 1.29 is 13.9 Å². The van der Waals surface area contributed by atoms with Crippen molar-refractivity contribution in [1.82, 2.24) is 14.8 Å². The summed E-state index contributed by atoms with van der Waals surface area (Å²) in [6.45, 7) is 4.00. The number of halogens is 1. The minimum absolute atomic E-state index is 0.0641. The number of thiazole rings is 1. The van der Waals surface area contributed by atoms with E-state index in [-0.39, 0.29) is 18.3 Å². The fourth-order valence-electron chi connectivity index (χ4n) is 3.86. The van der Waals surface area contributed by atoms with Gasteiger partial charge in [-0.15, -0.1) is 11.3 Å². The number of carbonyl (C=O) groups is 1. The molecule has 31 heavy (non-hydrogen) atoms. The molecule has 0 N–H and O–H groups in total. The van der Waals surface area contributed by atoms with Crippen LogP contribution in [-0.2, 0) is 13.2 Å². The molecule has 4 rings (SSSR count). The average Bonchev–Trinajstić information content (AvgIpc) is 3.43. The Hall–Kier alpha value is -2.77. The first kappa shape index (κ1) is 21.5. The first-order valence-electron chi connectivity index (χ1n) is 10.4. The van der Waals surface area contributed by atoms with Crippen LogP contribution in [-0.4, -0.2) is 47.4 Å². The summed E-state index contributed by atoms with van der Waals surface area (Å²) in [5.74, 6) is 0.675. The standard InChI is InChI=1S/C24H26FN3O2S/c1-27(13-19-11-12-28(15-19)14-18-5-3-2-4-6-18)24(29)22-17-31-23(26-22)16-30-21-9-7-20(25)8-10-21/h2-10,17,19H,11-16H2,1H3/t19-/m1/s1. The maximum atomic E-state index is 13.0. The maximum Gasteiger partial charge on any atom is 0.273 e. The van der Waals surface area contributed by atoms with E-state index in [0.717, 1.165) is 37.6 Å². The van der Waals surface area contributed by atoms with Crippen molar-refractivity contribution in [2.75, 3.05) is 26.7 Å².